The van der Waals surface area contributed by atoms with Gasteiger partial charge in [-0.05, 0) is 48.0 Å². The van der Waals surface area contributed by atoms with Crippen molar-refractivity contribution in [1.29, 1.82) is 0 Å². The highest BCUT2D eigenvalue weighted by atomic mass is 127. The molecule has 0 bridgehead atoms. The molecular weight excluding hydrogens is 489 g/mol. The van der Waals surface area contributed by atoms with Crippen LogP contribution >= 0.6 is 35.3 Å². The molecule has 0 aromatic carbocycles. The van der Waals surface area contributed by atoms with Crippen molar-refractivity contribution in [2.45, 2.75) is 72.4 Å². The van der Waals surface area contributed by atoms with Crippen molar-refractivity contribution in [2.24, 2.45) is 4.99 Å². The van der Waals surface area contributed by atoms with E-state index in [2.05, 4.69) is 39.8 Å². The van der Waals surface area contributed by atoms with Gasteiger partial charge in [0.15, 0.2) is 5.96 Å². The van der Waals surface area contributed by atoms with E-state index in [1.54, 1.807) is 18.4 Å². The van der Waals surface area contributed by atoms with Crippen LogP contribution in [0.3, 0.4) is 0 Å². The van der Waals surface area contributed by atoms with Gasteiger partial charge in [-0.2, -0.15) is 0 Å². The molecule has 0 saturated carbocycles. The summed E-state index contributed by atoms with van der Waals surface area (Å²) in [5, 5.41) is 10.5. The molecule has 1 aromatic heterocycles. The first-order valence-corrected chi connectivity index (χ1v) is 10.2. The molecule has 9 heteroatoms. The molecule has 0 saturated heterocycles. The van der Waals surface area contributed by atoms with E-state index < -0.39 is 17.2 Å². The number of halogens is 1. The third kappa shape index (κ3) is 10.4. The molecular formula is C19H36IN5O2S. The van der Waals surface area contributed by atoms with Crippen molar-refractivity contribution in [3.8, 4) is 0 Å². The zero-order valence-corrected chi connectivity index (χ0v) is 21.5. The molecule has 7 nitrogen and oxygen atoms in total. The molecule has 0 unspecified atom stereocenters. The summed E-state index contributed by atoms with van der Waals surface area (Å²) < 4.78 is 5.31. The molecule has 0 fully saturated rings. The summed E-state index contributed by atoms with van der Waals surface area (Å²) in [7, 11) is 1.73. The Bertz CT molecular complexity index is 653. The highest BCUT2D eigenvalue weighted by Crippen LogP contribution is 2.17. The average Bonchev–Trinajstić information content (AvgIpc) is 2.88. The zero-order valence-electron chi connectivity index (χ0n) is 18.4. The lowest BCUT2D eigenvalue weighted by atomic mass is 10.1. The van der Waals surface area contributed by atoms with E-state index in [0.29, 0.717) is 12.5 Å². The summed E-state index contributed by atoms with van der Waals surface area (Å²) in [6, 6.07) is 0. The van der Waals surface area contributed by atoms with Crippen molar-refractivity contribution in [3.05, 3.63) is 15.6 Å². The number of aliphatic imine (C=N–C) groups is 1. The lowest BCUT2D eigenvalue weighted by molar-refractivity contribution is 0.0474. The van der Waals surface area contributed by atoms with Gasteiger partial charge in [-0.25, -0.2) is 9.78 Å². The van der Waals surface area contributed by atoms with E-state index >= 15 is 0 Å². The number of hydrogen-bond donors (Lipinski definition) is 3. The van der Waals surface area contributed by atoms with Crippen LogP contribution in [-0.2, 0) is 17.6 Å². The Kier molecular flexibility index (Phi) is 11.3. The maximum atomic E-state index is 12.0. The van der Waals surface area contributed by atoms with E-state index in [1.165, 1.54) is 10.6 Å². The Morgan fingerprint density at radius 1 is 1.21 bits per heavy atom. The number of amides is 1. The van der Waals surface area contributed by atoms with Crippen LogP contribution in [0.15, 0.2) is 4.99 Å². The maximum Gasteiger partial charge on any atom is 0.408 e. The van der Waals surface area contributed by atoms with Crippen LogP contribution in [0.5, 0.6) is 0 Å². The molecule has 0 aliphatic heterocycles. The normalized spacial score (nSPS) is 12.2. The molecule has 0 aliphatic rings. The number of aromatic nitrogens is 1. The first kappa shape index (κ1) is 26.9. The first-order valence-electron chi connectivity index (χ1n) is 9.36. The average molecular weight is 526 g/mol. The highest BCUT2D eigenvalue weighted by molar-refractivity contribution is 14.0. The van der Waals surface area contributed by atoms with Gasteiger partial charge in [0.1, 0.15) is 5.60 Å². The third-order valence-electron chi connectivity index (χ3n) is 3.66. The van der Waals surface area contributed by atoms with E-state index in [-0.39, 0.29) is 24.0 Å². The minimum Gasteiger partial charge on any atom is -0.444 e. The number of hydrogen-bond acceptors (Lipinski definition) is 5. The van der Waals surface area contributed by atoms with Gasteiger partial charge in [0, 0.05) is 31.4 Å². The Labute approximate surface area is 190 Å². The zero-order chi connectivity index (χ0) is 20.7. The number of alkyl carbamates (subject to hydrolysis) is 1. The number of aryl methyl sites for hydroxylation is 2. The number of rotatable bonds is 7. The largest absolute Gasteiger partial charge is 0.444 e. The number of nitrogens with one attached hydrogen (secondary N) is 3. The first-order chi connectivity index (χ1) is 12.5. The van der Waals surface area contributed by atoms with E-state index in [9.17, 15) is 4.79 Å². The van der Waals surface area contributed by atoms with Crippen LogP contribution in [0.4, 0.5) is 4.79 Å². The van der Waals surface area contributed by atoms with Gasteiger partial charge in [-0.3, -0.25) is 4.99 Å². The van der Waals surface area contributed by atoms with E-state index in [4.69, 9.17) is 4.74 Å². The van der Waals surface area contributed by atoms with Crippen LogP contribution < -0.4 is 16.0 Å². The summed E-state index contributed by atoms with van der Waals surface area (Å²) in [6.45, 7) is 14.9. The molecule has 1 rings (SSSR count). The molecule has 0 aliphatic carbocycles. The third-order valence-corrected chi connectivity index (χ3v) is 4.74. The van der Waals surface area contributed by atoms with Gasteiger partial charge in [0.05, 0.1) is 16.2 Å². The summed E-state index contributed by atoms with van der Waals surface area (Å²) in [4.78, 5) is 22.1. The molecule has 1 aromatic rings. The van der Waals surface area contributed by atoms with Crippen molar-refractivity contribution in [2.75, 3.05) is 20.1 Å². The van der Waals surface area contributed by atoms with Gasteiger partial charge in [0.25, 0.3) is 0 Å². The fourth-order valence-corrected chi connectivity index (χ4v) is 3.38. The molecule has 28 heavy (non-hydrogen) atoms. The quantitative estimate of drug-likeness (QED) is 0.288. The van der Waals surface area contributed by atoms with Crippen LogP contribution in [0.2, 0.25) is 0 Å². The lowest BCUT2D eigenvalue weighted by Gasteiger charge is -2.29. The lowest BCUT2D eigenvalue weighted by Crippen LogP contribution is -2.54. The van der Waals surface area contributed by atoms with Gasteiger partial charge in [0.2, 0.25) is 0 Å². The molecule has 1 amide bonds. The number of thiazole rings is 1. The number of carbonyl (C=O) groups is 1. The predicted molar refractivity (Wildman–Crippen MR) is 128 cm³/mol. The summed E-state index contributed by atoms with van der Waals surface area (Å²) >= 11 is 1.75. The second-order valence-corrected chi connectivity index (χ2v) is 9.37. The topological polar surface area (TPSA) is 87.6 Å². The van der Waals surface area contributed by atoms with Crippen LogP contribution in [0.25, 0.3) is 0 Å². The van der Waals surface area contributed by atoms with Crippen LogP contribution in [0, 0.1) is 6.92 Å². The van der Waals surface area contributed by atoms with Crippen molar-refractivity contribution < 1.29 is 9.53 Å². The monoisotopic (exact) mass is 525 g/mol. The fraction of sp³-hybridized carbons (Fsp3) is 0.737. The minimum atomic E-state index is -0.517. The summed E-state index contributed by atoms with van der Waals surface area (Å²) in [5.41, 5.74) is 0.187. The molecule has 1 heterocycles. The van der Waals surface area contributed by atoms with Gasteiger partial charge in [-0.1, -0.05) is 6.92 Å². The second-order valence-electron chi connectivity index (χ2n) is 8.08. The van der Waals surface area contributed by atoms with Crippen molar-refractivity contribution in [1.82, 2.24) is 20.9 Å². The molecule has 162 valence electrons. The van der Waals surface area contributed by atoms with E-state index in [0.717, 1.165) is 24.4 Å². The molecule has 3 N–H and O–H groups in total. The number of ether oxygens (including phenoxy) is 1. The van der Waals surface area contributed by atoms with E-state index in [1.807, 2.05) is 34.6 Å². The maximum absolute atomic E-state index is 12.0. The number of guanidine groups is 1. The van der Waals surface area contributed by atoms with Gasteiger partial charge < -0.3 is 20.7 Å². The SMILES string of the molecule is CCc1nc(CCNC(=NC)NCC(C)(C)NC(=O)OC(C)(C)C)sc1C.I. The standard InChI is InChI=1S/C19H35N5O2S.HI/c1-9-14-13(2)27-15(23-14)10-11-21-16(20-8)22-12-19(6,7)24-17(25)26-18(3,4)5;/h9-12H2,1-8H3,(H,24,25)(H2,20,21,22);1H. The Hall–Kier alpha value is -1.10. The second kappa shape index (κ2) is 11.8. The van der Waals surface area contributed by atoms with Crippen molar-refractivity contribution in [3.63, 3.8) is 0 Å². The smallest absolute Gasteiger partial charge is 0.408 e. The number of nitrogens with zero attached hydrogens (tertiary/aromatic N) is 2. The molecule has 0 radical (unpaired) electrons. The summed E-state index contributed by atoms with van der Waals surface area (Å²) in [6.07, 6.45) is 1.40. The molecule has 0 atom stereocenters. The predicted octanol–water partition coefficient (Wildman–Crippen LogP) is 3.64. The van der Waals surface area contributed by atoms with Gasteiger partial charge in [-0.15, -0.1) is 35.3 Å². The Morgan fingerprint density at radius 3 is 2.36 bits per heavy atom. The molecule has 0 spiro atoms. The van der Waals surface area contributed by atoms with Crippen molar-refractivity contribution >= 4 is 47.4 Å². The van der Waals surface area contributed by atoms with Crippen LogP contribution in [0.1, 0.15) is 57.1 Å². The van der Waals surface area contributed by atoms with Crippen LogP contribution in [-0.4, -0.2) is 48.3 Å². The highest BCUT2D eigenvalue weighted by Gasteiger charge is 2.24. The minimum absolute atomic E-state index is 0. The van der Waals surface area contributed by atoms with Gasteiger partial charge >= 0.3 is 6.09 Å². The fourth-order valence-electron chi connectivity index (χ4n) is 2.36. The number of carbonyl (C=O) groups excluding carboxylic acids is 1. The Balaban J connectivity index is 0.00000729. The summed E-state index contributed by atoms with van der Waals surface area (Å²) in [5.74, 6) is 0.693. The Morgan fingerprint density at radius 2 is 1.86 bits per heavy atom.